The Balaban J connectivity index is 1.47. The molecule has 0 unspecified atom stereocenters. The van der Waals surface area contributed by atoms with Gasteiger partial charge in [-0.05, 0) is 82.8 Å². The van der Waals surface area contributed by atoms with Gasteiger partial charge < -0.3 is 38.9 Å². The van der Waals surface area contributed by atoms with Gasteiger partial charge in [-0.1, -0.05) is 6.07 Å². The zero-order valence-corrected chi connectivity index (χ0v) is 24.2. The molecule has 2 aliphatic rings. The number of hydrogen-bond donors (Lipinski definition) is 2. The first-order valence-corrected chi connectivity index (χ1v) is 13.7. The lowest BCUT2D eigenvalue weighted by Crippen LogP contribution is -2.47. The zero-order valence-electron chi connectivity index (χ0n) is 24.2. The first kappa shape index (κ1) is 28.8. The number of benzene rings is 2. The fourth-order valence-corrected chi connectivity index (χ4v) is 5.19. The van der Waals surface area contributed by atoms with Gasteiger partial charge in [0.1, 0.15) is 11.5 Å². The summed E-state index contributed by atoms with van der Waals surface area (Å²) < 4.78 is 27.8. The summed E-state index contributed by atoms with van der Waals surface area (Å²) in [6.07, 6.45) is 3.34. The van der Waals surface area contributed by atoms with Crippen molar-refractivity contribution < 1.29 is 33.0 Å². The number of nitrogens with zero attached hydrogens (tertiary/aromatic N) is 1. The number of fused-ring (bicyclic) bond motifs is 1. The molecule has 0 atom stereocenters. The molecule has 1 fully saturated rings. The van der Waals surface area contributed by atoms with E-state index in [9.17, 15) is 9.59 Å². The van der Waals surface area contributed by atoms with Gasteiger partial charge in [0.25, 0.3) is 0 Å². The van der Waals surface area contributed by atoms with Crippen molar-refractivity contribution in [2.45, 2.75) is 19.9 Å². The minimum atomic E-state index is -0.452. The molecular weight excluding hydrogens is 538 g/mol. The van der Waals surface area contributed by atoms with Crippen LogP contribution in [0.2, 0.25) is 0 Å². The van der Waals surface area contributed by atoms with Crippen LogP contribution >= 0.6 is 0 Å². The summed E-state index contributed by atoms with van der Waals surface area (Å²) in [5, 5.41) is 6.15. The van der Waals surface area contributed by atoms with Crippen LogP contribution in [0.3, 0.4) is 0 Å². The summed E-state index contributed by atoms with van der Waals surface area (Å²) in [7, 11) is 4.67. The summed E-state index contributed by atoms with van der Waals surface area (Å²) in [4.78, 5) is 27.4. The Labute approximate surface area is 244 Å². The van der Waals surface area contributed by atoms with E-state index in [1.165, 1.54) is 14.2 Å². The van der Waals surface area contributed by atoms with Crippen LogP contribution < -0.4 is 29.6 Å². The van der Waals surface area contributed by atoms with E-state index in [4.69, 9.17) is 23.4 Å². The molecule has 1 aliphatic carbocycles. The van der Waals surface area contributed by atoms with Gasteiger partial charge in [-0.3, -0.25) is 4.79 Å². The number of amides is 2. The quantitative estimate of drug-likeness (QED) is 0.378. The number of piperazine rings is 1. The van der Waals surface area contributed by atoms with Crippen molar-refractivity contribution in [2.24, 2.45) is 0 Å². The summed E-state index contributed by atoms with van der Waals surface area (Å²) in [5.74, 6) is 2.25. The molecule has 1 saturated heterocycles. The van der Waals surface area contributed by atoms with Crippen LogP contribution in [0, 0.1) is 0 Å². The Morgan fingerprint density at radius 3 is 2.38 bits per heavy atom. The fourth-order valence-electron chi connectivity index (χ4n) is 5.19. The maximum atomic E-state index is 13.0. The van der Waals surface area contributed by atoms with E-state index in [-0.39, 0.29) is 18.1 Å². The Bertz CT molecular complexity index is 1490. The van der Waals surface area contributed by atoms with Crippen molar-refractivity contribution in [3.63, 3.8) is 0 Å². The van der Waals surface area contributed by atoms with Gasteiger partial charge in [0.15, 0.2) is 11.5 Å². The van der Waals surface area contributed by atoms with Crippen molar-refractivity contribution in [1.82, 2.24) is 15.5 Å². The lowest BCUT2D eigenvalue weighted by Gasteiger charge is -2.27. The summed E-state index contributed by atoms with van der Waals surface area (Å²) in [5.41, 5.74) is 5.54. The van der Waals surface area contributed by atoms with Crippen molar-refractivity contribution in [1.29, 1.82) is 0 Å². The largest absolute Gasteiger partial charge is 0.497 e. The Hall–Kier alpha value is -4.70. The predicted molar refractivity (Wildman–Crippen MR) is 159 cm³/mol. The van der Waals surface area contributed by atoms with Crippen LogP contribution in [-0.2, 0) is 11.3 Å². The van der Waals surface area contributed by atoms with Crippen molar-refractivity contribution in [3.8, 4) is 23.0 Å². The van der Waals surface area contributed by atoms with Crippen LogP contribution in [0.15, 0.2) is 58.7 Å². The van der Waals surface area contributed by atoms with Crippen LogP contribution in [0.5, 0.6) is 23.0 Å². The zero-order chi connectivity index (χ0) is 29.6. The van der Waals surface area contributed by atoms with Crippen LogP contribution in [0.25, 0.3) is 17.2 Å². The normalized spacial score (nSPS) is 15.4. The number of rotatable bonds is 9. The summed E-state index contributed by atoms with van der Waals surface area (Å²) in [6, 6.07) is 13.1. The lowest BCUT2D eigenvalue weighted by molar-refractivity contribution is -0.120. The third-order valence-electron chi connectivity index (χ3n) is 7.43. The van der Waals surface area contributed by atoms with Crippen LogP contribution in [-0.4, -0.2) is 64.4 Å². The summed E-state index contributed by atoms with van der Waals surface area (Å²) in [6.45, 7) is 4.87. The Morgan fingerprint density at radius 2 is 1.74 bits per heavy atom. The maximum absolute atomic E-state index is 13.0. The lowest BCUT2D eigenvalue weighted by atomic mass is 10.00. The average Bonchev–Trinajstić information content (AvgIpc) is 3.63. The maximum Gasteiger partial charge on any atom is 0.415 e. The molecule has 2 N–H and O–H groups in total. The SMILES string of the molecule is COc1ccc2c(c1)C(CC(=O)NCc1ccco1)=C(C)/C2=C/c1cc(OC)c(OC(=O)N2CCNCC2)c(OC)c1. The highest BCUT2D eigenvalue weighted by Crippen LogP contribution is 2.46. The molecule has 3 aromatic rings. The van der Waals surface area contributed by atoms with Gasteiger partial charge in [0.05, 0.1) is 40.6 Å². The molecule has 10 nitrogen and oxygen atoms in total. The van der Waals surface area contributed by atoms with Crippen molar-refractivity contribution in [3.05, 3.63) is 76.8 Å². The Kier molecular flexibility index (Phi) is 8.83. The van der Waals surface area contributed by atoms with E-state index >= 15 is 0 Å². The molecule has 42 heavy (non-hydrogen) atoms. The van der Waals surface area contributed by atoms with Crippen molar-refractivity contribution >= 4 is 29.2 Å². The monoisotopic (exact) mass is 573 g/mol. The van der Waals surface area contributed by atoms with E-state index in [2.05, 4.69) is 10.6 Å². The second kappa shape index (κ2) is 12.9. The van der Waals surface area contributed by atoms with E-state index in [1.54, 1.807) is 36.5 Å². The predicted octanol–water partition coefficient (Wildman–Crippen LogP) is 4.74. The third-order valence-corrected chi connectivity index (χ3v) is 7.43. The molecule has 1 aromatic heterocycles. The number of carbonyl (C=O) groups is 2. The van der Waals surface area contributed by atoms with Crippen LogP contribution in [0.4, 0.5) is 4.79 Å². The molecule has 0 saturated carbocycles. The average molecular weight is 574 g/mol. The van der Waals surface area contributed by atoms with Gasteiger partial charge in [-0.2, -0.15) is 0 Å². The molecule has 10 heteroatoms. The molecule has 5 rings (SSSR count). The molecule has 2 heterocycles. The highest BCUT2D eigenvalue weighted by Gasteiger charge is 2.27. The highest BCUT2D eigenvalue weighted by molar-refractivity contribution is 6.08. The molecule has 0 bridgehead atoms. The van der Waals surface area contributed by atoms with Gasteiger partial charge in [-0.15, -0.1) is 0 Å². The first-order chi connectivity index (χ1) is 20.4. The van der Waals surface area contributed by atoms with E-state index in [1.807, 2.05) is 37.3 Å². The molecule has 0 spiro atoms. The molecule has 220 valence electrons. The second-order valence-corrected chi connectivity index (χ2v) is 9.97. The number of ether oxygens (including phenoxy) is 4. The number of hydrogen-bond acceptors (Lipinski definition) is 8. The number of methoxy groups -OCH3 is 3. The molecule has 0 radical (unpaired) electrons. The Morgan fingerprint density at radius 1 is 1.00 bits per heavy atom. The third kappa shape index (κ3) is 6.13. The van der Waals surface area contributed by atoms with Crippen molar-refractivity contribution in [2.75, 3.05) is 47.5 Å². The smallest absolute Gasteiger partial charge is 0.415 e. The first-order valence-electron chi connectivity index (χ1n) is 13.7. The second-order valence-electron chi connectivity index (χ2n) is 9.97. The topological polar surface area (TPSA) is 112 Å². The molecular formula is C32H35N3O7. The van der Waals surface area contributed by atoms with Gasteiger partial charge in [-0.25, -0.2) is 4.79 Å². The van der Waals surface area contributed by atoms with E-state index in [0.717, 1.165) is 33.4 Å². The number of allylic oxidation sites excluding steroid dienone is 2. The molecule has 2 amide bonds. The standard InChI is InChI=1S/C32H35N3O7/c1-20-25(14-21-15-28(39-3)31(29(16-21)40-4)42-32(37)35-11-9-33-10-12-35)24-8-7-22(38-2)17-27(24)26(20)18-30(36)34-19-23-6-5-13-41-23/h5-8,13-17,33H,9-12,18-19H2,1-4H3,(H,34,36)/b25-14-. The number of furan rings is 1. The highest BCUT2D eigenvalue weighted by atomic mass is 16.6. The van der Waals surface area contributed by atoms with Crippen LogP contribution in [0.1, 0.15) is 35.8 Å². The molecule has 1 aliphatic heterocycles. The van der Waals surface area contributed by atoms with E-state index < -0.39 is 6.09 Å². The molecule has 2 aromatic carbocycles. The van der Waals surface area contributed by atoms with E-state index in [0.29, 0.717) is 55.7 Å². The van der Waals surface area contributed by atoms with Gasteiger partial charge in [0, 0.05) is 26.2 Å². The van der Waals surface area contributed by atoms with Gasteiger partial charge >= 0.3 is 6.09 Å². The minimum absolute atomic E-state index is 0.116. The van der Waals surface area contributed by atoms with Gasteiger partial charge in [0.2, 0.25) is 11.7 Å². The number of carbonyl (C=O) groups excluding carboxylic acids is 2. The number of nitrogens with one attached hydrogen (secondary N) is 2. The minimum Gasteiger partial charge on any atom is -0.497 e. The summed E-state index contributed by atoms with van der Waals surface area (Å²) >= 11 is 0. The fraction of sp³-hybridized carbons (Fsp3) is 0.312.